The standard InChI is InChI=1S/C78H63N3/c1-7-63-67-47-45-61(49-71(67)77(3,4)69(63)8-2)80(57-37-29-53(30-38-57)51-19-11-9-12-20-51)59-41-33-55(34-42-59)64-24-17-27-73-75(64)76-65(25-18-28-74(76)79-73)56-35-43-60(44-36-56)81(58-39-31-54(32-40-58)52-21-13-10-14-22-52)62-46-48-68-66-23-15-16-26-70(66)78(5,6)72(68)50-62/h8-50,79H,2,7H2,1,3-6H3. The van der Waals surface area contributed by atoms with E-state index in [1.54, 1.807) is 0 Å². The smallest absolute Gasteiger partial charge is 0.0471 e. The molecule has 390 valence electrons. The van der Waals surface area contributed by atoms with E-state index in [0.717, 1.165) is 62.7 Å². The summed E-state index contributed by atoms with van der Waals surface area (Å²) in [5, 5.41) is 2.43. The molecule has 2 aliphatic rings. The van der Waals surface area contributed by atoms with Crippen LogP contribution in [0.2, 0.25) is 0 Å². The Bertz CT molecular complexity index is 4410. The van der Waals surface area contributed by atoms with E-state index in [-0.39, 0.29) is 10.8 Å². The van der Waals surface area contributed by atoms with Crippen molar-refractivity contribution in [2.24, 2.45) is 0 Å². The summed E-state index contributed by atoms with van der Waals surface area (Å²) in [5.41, 5.74) is 28.8. The number of nitrogens with one attached hydrogen (secondary N) is 1. The van der Waals surface area contributed by atoms with E-state index in [9.17, 15) is 0 Å². The molecule has 0 aliphatic heterocycles. The van der Waals surface area contributed by atoms with Gasteiger partial charge >= 0.3 is 0 Å². The normalized spacial score (nSPS) is 13.7. The summed E-state index contributed by atoms with van der Waals surface area (Å²) < 4.78 is 0. The third-order valence-electron chi connectivity index (χ3n) is 17.6. The van der Waals surface area contributed by atoms with Crippen molar-refractivity contribution in [1.29, 1.82) is 0 Å². The van der Waals surface area contributed by atoms with E-state index in [0.29, 0.717) is 0 Å². The van der Waals surface area contributed by atoms with Crippen molar-refractivity contribution >= 4 is 61.5 Å². The molecule has 81 heavy (non-hydrogen) atoms. The molecule has 0 atom stereocenters. The zero-order chi connectivity index (χ0) is 55.0. The maximum absolute atomic E-state index is 4.27. The maximum Gasteiger partial charge on any atom is 0.0471 e. The summed E-state index contributed by atoms with van der Waals surface area (Å²) in [5.74, 6) is 0. The Labute approximate surface area is 476 Å². The molecule has 0 saturated carbocycles. The van der Waals surface area contributed by atoms with Gasteiger partial charge in [-0.15, -0.1) is 0 Å². The molecule has 0 saturated heterocycles. The highest BCUT2D eigenvalue weighted by atomic mass is 15.1. The number of aromatic amines is 1. The van der Waals surface area contributed by atoms with Crippen LogP contribution < -0.4 is 9.80 Å². The SMILES string of the molecule is C=CC1=C(CC)c2ccc(N(c3ccc(-c4ccccc4)cc3)c3ccc(-c4cccc5[nH]c6cccc(-c7ccc(N(c8ccc(-c9ccccc9)cc8)c8ccc9c(c8)C(C)(C)c8ccccc8-9)cc7)c6c45)cc3)cc2C1(C)C. The Balaban J connectivity index is 0.841. The van der Waals surface area contributed by atoms with Gasteiger partial charge in [-0.05, 0) is 180 Å². The molecule has 1 aromatic heterocycles. The van der Waals surface area contributed by atoms with Gasteiger partial charge in [0.05, 0.1) is 0 Å². The van der Waals surface area contributed by atoms with Gasteiger partial charge in [0.2, 0.25) is 0 Å². The molecule has 11 aromatic carbocycles. The summed E-state index contributed by atoms with van der Waals surface area (Å²) in [4.78, 5) is 8.65. The van der Waals surface area contributed by atoms with Crippen LogP contribution in [0.15, 0.2) is 273 Å². The molecule has 3 heteroatoms. The zero-order valence-corrected chi connectivity index (χ0v) is 46.6. The van der Waals surface area contributed by atoms with E-state index in [2.05, 4.69) is 317 Å². The number of H-pyrrole nitrogens is 1. The van der Waals surface area contributed by atoms with Crippen molar-refractivity contribution < 1.29 is 0 Å². The number of hydrogen-bond donors (Lipinski definition) is 1. The largest absolute Gasteiger partial charge is 0.354 e. The number of rotatable bonds is 12. The second-order valence-corrected chi connectivity index (χ2v) is 22.9. The highest BCUT2D eigenvalue weighted by Crippen LogP contribution is 2.53. The summed E-state index contributed by atoms with van der Waals surface area (Å²) in [6.45, 7) is 15.9. The molecule has 0 unspecified atom stereocenters. The van der Waals surface area contributed by atoms with E-state index in [1.807, 2.05) is 0 Å². The highest BCUT2D eigenvalue weighted by Gasteiger charge is 2.37. The van der Waals surface area contributed by atoms with Gasteiger partial charge in [0.1, 0.15) is 0 Å². The molecule has 1 heterocycles. The van der Waals surface area contributed by atoms with Gasteiger partial charge in [0.25, 0.3) is 0 Å². The van der Waals surface area contributed by atoms with Crippen LogP contribution in [0.5, 0.6) is 0 Å². The molecule has 0 fully saturated rings. The van der Waals surface area contributed by atoms with Crippen LogP contribution in [0, 0.1) is 0 Å². The molecular formula is C78H63N3. The first-order chi connectivity index (χ1) is 39.6. The lowest BCUT2D eigenvalue weighted by atomic mass is 9.81. The fourth-order valence-corrected chi connectivity index (χ4v) is 13.5. The average molecular weight is 1040 g/mol. The molecule has 12 aromatic rings. The Morgan fingerprint density at radius 1 is 0.346 bits per heavy atom. The van der Waals surface area contributed by atoms with Crippen LogP contribution in [0.1, 0.15) is 63.3 Å². The molecule has 2 aliphatic carbocycles. The minimum Gasteiger partial charge on any atom is -0.354 e. The van der Waals surface area contributed by atoms with Crippen molar-refractivity contribution in [3.63, 3.8) is 0 Å². The number of hydrogen-bond acceptors (Lipinski definition) is 2. The maximum atomic E-state index is 4.27. The summed E-state index contributed by atoms with van der Waals surface area (Å²) in [6.07, 6.45) is 3.04. The number of anilines is 6. The summed E-state index contributed by atoms with van der Waals surface area (Å²) in [7, 11) is 0. The van der Waals surface area contributed by atoms with Crippen LogP contribution in [0.4, 0.5) is 34.1 Å². The van der Waals surface area contributed by atoms with E-state index in [4.69, 9.17) is 0 Å². The first-order valence-corrected chi connectivity index (χ1v) is 28.5. The van der Waals surface area contributed by atoms with Crippen LogP contribution in [0.25, 0.3) is 83.0 Å². The van der Waals surface area contributed by atoms with Gasteiger partial charge in [-0.3, -0.25) is 0 Å². The molecule has 1 N–H and O–H groups in total. The van der Waals surface area contributed by atoms with Crippen molar-refractivity contribution in [1.82, 2.24) is 4.98 Å². The Morgan fingerprint density at radius 2 is 0.716 bits per heavy atom. The third kappa shape index (κ3) is 8.26. The topological polar surface area (TPSA) is 22.3 Å². The van der Waals surface area contributed by atoms with Crippen LogP contribution in [-0.4, -0.2) is 4.98 Å². The molecule has 14 rings (SSSR count). The van der Waals surface area contributed by atoms with Crippen molar-refractivity contribution in [3.8, 4) is 55.6 Å². The van der Waals surface area contributed by atoms with Crippen LogP contribution in [0.3, 0.4) is 0 Å². The fraction of sp³-hybridized carbons (Fsp3) is 0.103. The summed E-state index contributed by atoms with van der Waals surface area (Å²) >= 11 is 0. The van der Waals surface area contributed by atoms with E-state index < -0.39 is 0 Å². The van der Waals surface area contributed by atoms with Gasteiger partial charge < -0.3 is 14.8 Å². The first kappa shape index (κ1) is 49.6. The van der Waals surface area contributed by atoms with Gasteiger partial charge in [0, 0.05) is 66.8 Å². The molecule has 0 spiro atoms. The Kier molecular flexibility index (Phi) is 12.0. The molecular weight excluding hydrogens is 979 g/mol. The highest BCUT2D eigenvalue weighted by molar-refractivity contribution is 6.19. The number of fused-ring (bicyclic) bond motifs is 7. The first-order valence-electron chi connectivity index (χ1n) is 28.5. The third-order valence-corrected chi connectivity index (χ3v) is 17.6. The lowest BCUT2D eigenvalue weighted by Gasteiger charge is -2.29. The van der Waals surface area contributed by atoms with Gasteiger partial charge in [0.15, 0.2) is 0 Å². The Morgan fingerprint density at radius 3 is 1.17 bits per heavy atom. The van der Waals surface area contributed by atoms with Crippen LogP contribution >= 0.6 is 0 Å². The van der Waals surface area contributed by atoms with E-state index >= 15 is 0 Å². The van der Waals surface area contributed by atoms with Crippen molar-refractivity contribution in [2.45, 2.75) is 51.9 Å². The Hall–Kier alpha value is -9.70. The second kappa shape index (κ2) is 19.6. The zero-order valence-electron chi connectivity index (χ0n) is 46.6. The van der Waals surface area contributed by atoms with E-state index in [1.165, 1.54) is 88.7 Å². The van der Waals surface area contributed by atoms with Crippen molar-refractivity contribution in [3.05, 3.63) is 295 Å². The van der Waals surface area contributed by atoms with Crippen LogP contribution in [-0.2, 0) is 10.8 Å². The number of benzene rings is 11. The summed E-state index contributed by atoms with van der Waals surface area (Å²) in [6, 6.07) is 94.0. The monoisotopic (exact) mass is 1040 g/mol. The molecule has 3 nitrogen and oxygen atoms in total. The minimum absolute atomic E-state index is 0.128. The van der Waals surface area contributed by atoms with Gasteiger partial charge in [-0.1, -0.05) is 217 Å². The molecule has 0 amide bonds. The fourth-order valence-electron chi connectivity index (χ4n) is 13.5. The lowest BCUT2D eigenvalue weighted by molar-refractivity contribution is 0.654. The van der Waals surface area contributed by atoms with Gasteiger partial charge in [-0.2, -0.15) is 0 Å². The van der Waals surface area contributed by atoms with Crippen molar-refractivity contribution in [2.75, 3.05) is 9.80 Å². The number of aromatic nitrogens is 1. The van der Waals surface area contributed by atoms with Gasteiger partial charge in [-0.25, -0.2) is 0 Å². The molecule has 0 bridgehead atoms. The number of allylic oxidation sites excluding steroid dienone is 3. The predicted molar refractivity (Wildman–Crippen MR) is 345 cm³/mol. The quantitative estimate of drug-likeness (QED) is 0.132. The minimum atomic E-state index is -0.158. The lowest BCUT2D eigenvalue weighted by Crippen LogP contribution is -2.17. The predicted octanol–water partition coefficient (Wildman–Crippen LogP) is 21.9. The average Bonchev–Trinajstić information content (AvgIpc) is 4.11. The number of nitrogens with zero attached hydrogens (tertiary/aromatic N) is 2. The molecule has 0 radical (unpaired) electrons. The second-order valence-electron chi connectivity index (χ2n) is 22.9.